The van der Waals surface area contributed by atoms with Crippen molar-refractivity contribution in [1.29, 1.82) is 0 Å². The Morgan fingerprint density at radius 3 is 2.67 bits per heavy atom. The van der Waals surface area contributed by atoms with Gasteiger partial charge in [0.05, 0.1) is 24.2 Å². The Hall–Kier alpha value is -1.72. The van der Waals surface area contributed by atoms with Gasteiger partial charge in [-0.2, -0.15) is 0 Å². The summed E-state index contributed by atoms with van der Waals surface area (Å²) in [5.74, 6) is 1.31. The van der Waals surface area contributed by atoms with Crippen LogP contribution >= 0.6 is 24.0 Å². The van der Waals surface area contributed by atoms with E-state index in [-0.39, 0.29) is 35.8 Å². The van der Waals surface area contributed by atoms with Gasteiger partial charge in [0.25, 0.3) is 5.69 Å². The molecule has 1 heterocycles. The van der Waals surface area contributed by atoms with E-state index < -0.39 is 4.92 Å². The van der Waals surface area contributed by atoms with Crippen LogP contribution in [0.15, 0.2) is 41.4 Å². The van der Waals surface area contributed by atoms with Crippen molar-refractivity contribution in [1.82, 2.24) is 15.5 Å². The number of benzene rings is 1. The summed E-state index contributed by atoms with van der Waals surface area (Å²) in [4.78, 5) is 17.4. The molecule has 1 unspecified atom stereocenters. The SMILES string of the molecule is C=C(C)CNC(=NCc1ccc([N+](=O)[O-])cc1)NCC1CN(CC(C)C)CCO1.I. The maximum Gasteiger partial charge on any atom is 0.269 e. The first-order chi connectivity index (χ1) is 13.8. The fraction of sp³-hybridized carbons (Fsp3) is 0.571. The normalized spacial score (nSPS) is 17.3. The minimum absolute atomic E-state index is 0. The molecule has 0 aliphatic carbocycles. The number of morpholine rings is 1. The summed E-state index contributed by atoms with van der Waals surface area (Å²) >= 11 is 0. The zero-order chi connectivity index (χ0) is 21.2. The van der Waals surface area contributed by atoms with Gasteiger partial charge in [0.1, 0.15) is 0 Å². The molecule has 168 valence electrons. The average molecular weight is 531 g/mol. The van der Waals surface area contributed by atoms with Gasteiger partial charge in [-0.15, -0.1) is 24.0 Å². The molecule has 0 saturated carbocycles. The van der Waals surface area contributed by atoms with E-state index in [0.717, 1.165) is 37.4 Å². The van der Waals surface area contributed by atoms with Crippen LogP contribution in [0.2, 0.25) is 0 Å². The van der Waals surface area contributed by atoms with Crippen molar-refractivity contribution in [2.75, 3.05) is 39.3 Å². The summed E-state index contributed by atoms with van der Waals surface area (Å²) < 4.78 is 5.90. The molecule has 1 aliphatic heterocycles. The van der Waals surface area contributed by atoms with Crippen LogP contribution in [0.3, 0.4) is 0 Å². The van der Waals surface area contributed by atoms with E-state index in [1.807, 2.05) is 6.92 Å². The number of hydrogen-bond acceptors (Lipinski definition) is 5. The molecule has 0 spiro atoms. The lowest BCUT2D eigenvalue weighted by atomic mass is 10.2. The van der Waals surface area contributed by atoms with Crippen molar-refractivity contribution >= 4 is 35.6 Å². The Labute approximate surface area is 196 Å². The van der Waals surface area contributed by atoms with Crippen molar-refractivity contribution in [2.45, 2.75) is 33.4 Å². The van der Waals surface area contributed by atoms with Crippen molar-refractivity contribution in [3.05, 3.63) is 52.1 Å². The first-order valence-electron chi connectivity index (χ1n) is 10.1. The van der Waals surface area contributed by atoms with E-state index in [9.17, 15) is 10.1 Å². The topological polar surface area (TPSA) is 92.0 Å². The van der Waals surface area contributed by atoms with Crippen LogP contribution in [0.1, 0.15) is 26.3 Å². The summed E-state index contributed by atoms with van der Waals surface area (Å²) in [7, 11) is 0. The number of nitro benzene ring substituents is 1. The predicted molar refractivity (Wildman–Crippen MR) is 131 cm³/mol. The van der Waals surface area contributed by atoms with Crippen LogP contribution in [-0.4, -0.2) is 61.2 Å². The van der Waals surface area contributed by atoms with Crippen molar-refractivity contribution in [3.8, 4) is 0 Å². The number of rotatable bonds is 9. The largest absolute Gasteiger partial charge is 0.374 e. The highest BCUT2D eigenvalue weighted by atomic mass is 127. The van der Waals surface area contributed by atoms with Crippen LogP contribution in [0.25, 0.3) is 0 Å². The van der Waals surface area contributed by atoms with E-state index in [2.05, 4.69) is 41.0 Å². The Balaban J connectivity index is 0.00000450. The zero-order valence-electron chi connectivity index (χ0n) is 18.1. The molecule has 0 radical (unpaired) electrons. The summed E-state index contributed by atoms with van der Waals surface area (Å²) in [6.07, 6.45) is 0.110. The molecule has 2 N–H and O–H groups in total. The Kier molecular flexibility index (Phi) is 11.9. The molecule has 1 saturated heterocycles. The van der Waals surface area contributed by atoms with Crippen LogP contribution < -0.4 is 10.6 Å². The number of halogens is 1. The lowest BCUT2D eigenvalue weighted by molar-refractivity contribution is -0.384. The third-order valence-electron chi connectivity index (χ3n) is 4.47. The number of hydrogen-bond donors (Lipinski definition) is 2. The second kappa shape index (κ2) is 13.6. The van der Waals surface area contributed by atoms with Gasteiger partial charge in [-0.3, -0.25) is 15.0 Å². The number of ether oxygens (including phenoxy) is 1. The third kappa shape index (κ3) is 9.86. The Bertz CT molecular complexity index is 709. The van der Waals surface area contributed by atoms with Crippen LogP contribution in [-0.2, 0) is 11.3 Å². The second-order valence-corrected chi connectivity index (χ2v) is 7.93. The highest BCUT2D eigenvalue weighted by Crippen LogP contribution is 2.12. The number of aliphatic imine (C=N–C) groups is 1. The highest BCUT2D eigenvalue weighted by molar-refractivity contribution is 14.0. The van der Waals surface area contributed by atoms with Gasteiger partial charge in [0.2, 0.25) is 0 Å². The Morgan fingerprint density at radius 2 is 2.07 bits per heavy atom. The fourth-order valence-corrected chi connectivity index (χ4v) is 3.10. The van der Waals surface area contributed by atoms with Gasteiger partial charge in [0.15, 0.2) is 5.96 Å². The lowest BCUT2D eigenvalue weighted by Gasteiger charge is -2.34. The van der Waals surface area contributed by atoms with Crippen LogP contribution in [0, 0.1) is 16.0 Å². The van der Waals surface area contributed by atoms with Gasteiger partial charge in [-0.05, 0) is 18.4 Å². The molecule has 1 atom stereocenters. The molecule has 1 aliphatic rings. The average Bonchev–Trinajstić information content (AvgIpc) is 2.67. The standard InChI is InChI=1S/C21H33N5O3.HI/c1-16(2)11-22-21(23-12-18-5-7-19(8-6-18)26(27)28)24-13-20-15-25(9-10-29-20)14-17(3)4;/h5-8,17,20H,1,9-15H2,2-4H3,(H2,22,23,24);1H. The molecule has 2 rings (SSSR count). The molecule has 1 fully saturated rings. The van der Waals surface area contributed by atoms with E-state index >= 15 is 0 Å². The number of nitrogens with zero attached hydrogens (tertiary/aromatic N) is 3. The minimum atomic E-state index is -0.402. The predicted octanol–water partition coefficient (Wildman–Crippen LogP) is 3.18. The molecule has 0 amide bonds. The lowest BCUT2D eigenvalue weighted by Crippen LogP contribution is -2.50. The van der Waals surface area contributed by atoms with E-state index in [4.69, 9.17) is 4.74 Å². The maximum atomic E-state index is 10.8. The summed E-state index contributed by atoms with van der Waals surface area (Å²) in [5.41, 5.74) is 1.99. The van der Waals surface area contributed by atoms with Crippen LogP contribution in [0.4, 0.5) is 5.69 Å². The molecule has 0 aromatic heterocycles. The smallest absolute Gasteiger partial charge is 0.269 e. The fourth-order valence-electron chi connectivity index (χ4n) is 3.10. The van der Waals surface area contributed by atoms with Crippen molar-refractivity contribution < 1.29 is 9.66 Å². The molecule has 1 aromatic carbocycles. The molecule has 8 nitrogen and oxygen atoms in total. The first-order valence-corrected chi connectivity index (χ1v) is 10.1. The van der Waals surface area contributed by atoms with Gasteiger partial charge in [-0.1, -0.05) is 38.1 Å². The summed E-state index contributed by atoms with van der Waals surface area (Å²) in [6.45, 7) is 15.7. The minimum Gasteiger partial charge on any atom is -0.374 e. The van der Waals surface area contributed by atoms with Gasteiger partial charge < -0.3 is 15.4 Å². The molecular formula is C21H34IN5O3. The van der Waals surface area contributed by atoms with Gasteiger partial charge >= 0.3 is 0 Å². The third-order valence-corrected chi connectivity index (χ3v) is 4.47. The quantitative estimate of drug-likeness (QED) is 0.127. The van der Waals surface area contributed by atoms with E-state index in [1.165, 1.54) is 12.1 Å². The van der Waals surface area contributed by atoms with Gasteiger partial charge in [0, 0.05) is 44.9 Å². The van der Waals surface area contributed by atoms with Crippen molar-refractivity contribution in [3.63, 3.8) is 0 Å². The highest BCUT2D eigenvalue weighted by Gasteiger charge is 2.21. The number of nitro groups is 1. The van der Waals surface area contributed by atoms with Crippen molar-refractivity contribution in [2.24, 2.45) is 10.9 Å². The zero-order valence-corrected chi connectivity index (χ0v) is 20.4. The number of guanidine groups is 1. The van der Waals surface area contributed by atoms with Crippen LogP contribution in [0.5, 0.6) is 0 Å². The molecular weight excluding hydrogens is 497 g/mol. The second-order valence-electron chi connectivity index (χ2n) is 7.93. The van der Waals surface area contributed by atoms with Gasteiger partial charge in [-0.25, -0.2) is 4.99 Å². The number of non-ortho nitro benzene ring substituents is 1. The monoisotopic (exact) mass is 531 g/mol. The first kappa shape index (κ1) is 26.3. The summed E-state index contributed by atoms with van der Waals surface area (Å²) in [6, 6.07) is 6.45. The number of nitrogens with one attached hydrogen (secondary N) is 2. The van der Waals surface area contributed by atoms with E-state index in [0.29, 0.717) is 31.5 Å². The summed E-state index contributed by atoms with van der Waals surface area (Å²) in [5, 5.41) is 17.4. The molecule has 9 heteroatoms. The molecule has 1 aromatic rings. The maximum absolute atomic E-state index is 10.8. The van der Waals surface area contributed by atoms with E-state index in [1.54, 1.807) is 12.1 Å². The molecule has 0 bridgehead atoms. The molecule has 30 heavy (non-hydrogen) atoms. The Morgan fingerprint density at radius 1 is 1.37 bits per heavy atom.